The van der Waals surface area contributed by atoms with Gasteiger partial charge in [-0.3, -0.25) is 4.52 Å². The van der Waals surface area contributed by atoms with Crippen molar-refractivity contribution < 1.29 is 28.7 Å². The molecule has 5 N–H and O–H groups in total. The van der Waals surface area contributed by atoms with Crippen LogP contribution in [0.25, 0.3) is 0 Å². The number of nitrogens with two attached hydrogens (primary N) is 1. The van der Waals surface area contributed by atoms with Gasteiger partial charge >= 0.3 is 7.82 Å². The van der Waals surface area contributed by atoms with E-state index in [4.69, 9.17) is 20.3 Å². The molecule has 0 spiro atoms. The van der Waals surface area contributed by atoms with Crippen LogP contribution in [0.4, 0.5) is 0 Å². The molecule has 0 aliphatic heterocycles. The third-order valence-corrected chi connectivity index (χ3v) is 4.96. The van der Waals surface area contributed by atoms with Crippen LogP contribution in [0.5, 0.6) is 5.75 Å². The number of benzene rings is 1. The summed E-state index contributed by atoms with van der Waals surface area (Å²) in [5.74, 6) is 0.861. The normalized spacial score (nSPS) is 14.1. The van der Waals surface area contributed by atoms with E-state index in [1.807, 2.05) is 25.1 Å². The molecule has 1 aromatic carbocycles. The smallest absolute Gasteiger partial charge is 0.469 e. The number of aliphatic hydroxyl groups excluding tert-OH is 1. The van der Waals surface area contributed by atoms with Crippen LogP contribution in [0.2, 0.25) is 0 Å². The van der Waals surface area contributed by atoms with E-state index in [2.05, 4.69) is 11.4 Å². The Kier molecular flexibility index (Phi) is 10.5. The number of unbranched alkanes of at least 4 members (excludes halogenated alkanes) is 4. The topological polar surface area (TPSA) is 122 Å². The molecule has 1 aromatic rings. The summed E-state index contributed by atoms with van der Waals surface area (Å²) in [6.07, 6.45) is 6.86. The van der Waals surface area contributed by atoms with Crippen molar-refractivity contribution in [1.82, 2.24) is 0 Å². The number of phosphoric acid groups is 1. The molecule has 8 heteroatoms. The number of phosphoric ester groups is 1. The third-order valence-electron chi connectivity index (χ3n) is 4.49. The van der Waals surface area contributed by atoms with Crippen LogP contribution in [0, 0.1) is 6.92 Å². The molecule has 0 aliphatic rings. The molecular weight excluding hydrogens is 369 g/mol. The summed E-state index contributed by atoms with van der Waals surface area (Å²) in [7, 11) is -4.61. The zero-order valence-corrected chi connectivity index (χ0v) is 17.3. The standard InChI is InChI=1S/C19H34NO6P/c1-3-4-5-6-7-12-25-18-9-8-17(13-16(18)2)10-11-19(20,14-21)15-26-27(22,23)24/h8-9,13,21H,3-7,10-12,14-15,20H2,1-2H3,(H2,22,23,24). The van der Waals surface area contributed by atoms with Crippen LogP contribution < -0.4 is 10.5 Å². The summed E-state index contributed by atoms with van der Waals surface area (Å²) >= 11 is 0. The number of hydrogen-bond donors (Lipinski definition) is 4. The number of aliphatic hydroxyl groups is 1. The minimum Gasteiger partial charge on any atom is -0.493 e. The van der Waals surface area contributed by atoms with Gasteiger partial charge in [0.1, 0.15) is 5.75 Å². The molecule has 7 nitrogen and oxygen atoms in total. The van der Waals surface area contributed by atoms with E-state index in [0.29, 0.717) is 19.4 Å². The summed E-state index contributed by atoms with van der Waals surface area (Å²) in [5.41, 5.74) is 6.83. The van der Waals surface area contributed by atoms with Gasteiger partial charge in [-0.25, -0.2) is 4.57 Å². The first-order valence-electron chi connectivity index (χ1n) is 9.51. The maximum Gasteiger partial charge on any atom is 0.469 e. The highest BCUT2D eigenvalue weighted by Crippen LogP contribution is 2.37. The SMILES string of the molecule is CCCCCCCOc1ccc(CCC(N)(CO)COP(=O)(O)O)cc1C. The Hall–Kier alpha value is -0.950. The first kappa shape index (κ1) is 24.1. The summed E-state index contributed by atoms with van der Waals surface area (Å²) < 4.78 is 21.1. The van der Waals surface area contributed by atoms with E-state index in [0.717, 1.165) is 23.3 Å². The first-order valence-corrected chi connectivity index (χ1v) is 11.0. The maximum absolute atomic E-state index is 10.8. The molecule has 0 fully saturated rings. The van der Waals surface area contributed by atoms with Gasteiger partial charge in [0, 0.05) is 0 Å². The first-order chi connectivity index (χ1) is 12.7. The molecule has 0 aromatic heterocycles. The molecular formula is C19H34NO6P. The predicted molar refractivity (Wildman–Crippen MR) is 106 cm³/mol. The minimum absolute atomic E-state index is 0.334. The van der Waals surface area contributed by atoms with Crippen LogP contribution in [0.3, 0.4) is 0 Å². The Morgan fingerprint density at radius 3 is 2.48 bits per heavy atom. The zero-order valence-electron chi connectivity index (χ0n) is 16.4. The summed E-state index contributed by atoms with van der Waals surface area (Å²) in [5, 5.41) is 9.46. The fourth-order valence-electron chi connectivity index (χ4n) is 2.72. The number of hydrogen-bond acceptors (Lipinski definition) is 5. The molecule has 0 amide bonds. The summed E-state index contributed by atoms with van der Waals surface area (Å²) in [6, 6.07) is 5.88. The fraction of sp³-hybridized carbons (Fsp3) is 0.684. The molecule has 156 valence electrons. The second-order valence-corrected chi connectivity index (χ2v) is 8.39. The van der Waals surface area contributed by atoms with Crippen molar-refractivity contribution in [3.05, 3.63) is 29.3 Å². The van der Waals surface area contributed by atoms with Gasteiger partial charge in [0.2, 0.25) is 0 Å². The van der Waals surface area contributed by atoms with E-state index in [9.17, 15) is 9.67 Å². The van der Waals surface area contributed by atoms with Gasteiger partial charge in [-0.05, 0) is 43.4 Å². The molecule has 0 saturated carbocycles. The number of ether oxygens (including phenoxy) is 1. The van der Waals surface area contributed by atoms with Crippen molar-refractivity contribution in [3.8, 4) is 5.75 Å². The Morgan fingerprint density at radius 1 is 1.19 bits per heavy atom. The molecule has 27 heavy (non-hydrogen) atoms. The third kappa shape index (κ3) is 10.2. The predicted octanol–water partition coefficient (Wildman–Crippen LogP) is 3.08. The highest BCUT2D eigenvalue weighted by Gasteiger charge is 2.28. The second kappa shape index (κ2) is 11.8. The van der Waals surface area contributed by atoms with Crippen molar-refractivity contribution in [2.75, 3.05) is 19.8 Å². The van der Waals surface area contributed by atoms with E-state index >= 15 is 0 Å². The molecule has 0 radical (unpaired) electrons. The van der Waals surface area contributed by atoms with Crippen LogP contribution in [0.1, 0.15) is 56.6 Å². The molecule has 0 aliphatic carbocycles. The number of rotatable bonds is 14. The van der Waals surface area contributed by atoms with Crippen molar-refractivity contribution in [2.45, 2.75) is 64.3 Å². The van der Waals surface area contributed by atoms with Gasteiger partial charge in [0.05, 0.1) is 25.4 Å². The quantitative estimate of drug-likeness (QED) is 0.278. The van der Waals surface area contributed by atoms with Crippen molar-refractivity contribution in [1.29, 1.82) is 0 Å². The van der Waals surface area contributed by atoms with Crippen molar-refractivity contribution in [3.63, 3.8) is 0 Å². The van der Waals surface area contributed by atoms with E-state index in [1.54, 1.807) is 0 Å². The fourth-order valence-corrected chi connectivity index (χ4v) is 3.14. The second-order valence-electron chi connectivity index (χ2n) is 7.15. The zero-order chi connectivity index (χ0) is 20.3. The monoisotopic (exact) mass is 403 g/mol. The Morgan fingerprint density at radius 2 is 1.89 bits per heavy atom. The van der Waals surface area contributed by atoms with E-state index < -0.39 is 26.6 Å². The largest absolute Gasteiger partial charge is 0.493 e. The lowest BCUT2D eigenvalue weighted by atomic mass is 9.93. The molecule has 1 atom stereocenters. The highest BCUT2D eigenvalue weighted by molar-refractivity contribution is 7.46. The van der Waals surface area contributed by atoms with Crippen molar-refractivity contribution in [2.24, 2.45) is 5.73 Å². The Balaban J connectivity index is 2.49. The molecule has 0 saturated heterocycles. The highest BCUT2D eigenvalue weighted by atomic mass is 31.2. The molecule has 1 rings (SSSR count). The Bertz CT molecular complexity index is 606. The van der Waals surface area contributed by atoms with Crippen LogP contribution in [-0.2, 0) is 15.5 Å². The Labute approximate surface area is 162 Å². The van der Waals surface area contributed by atoms with Gasteiger partial charge < -0.3 is 25.4 Å². The molecule has 0 heterocycles. The lowest BCUT2D eigenvalue weighted by Gasteiger charge is -2.27. The van der Waals surface area contributed by atoms with E-state index in [1.165, 1.54) is 25.7 Å². The minimum atomic E-state index is -4.61. The summed E-state index contributed by atoms with van der Waals surface area (Å²) in [4.78, 5) is 17.6. The maximum atomic E-state index is 10.8. The van der Waals surface area contributed by atoms with Crippen LogP contribution >= 0.6 is 7.82 Å². The lowest BCUT2D eigenvalue weighted by Crippen LogP contribution is -2.48. The van der Waals surface area contributed by atoms with E-state index in [-0.39, 0.29) is 0 Å². The van der Waals surface area contributed by atoms with Crippen LogP contribution in [-0.4, -0.2) is 40.3 Å². The number of aryl methyl sites for hydroxylation is 2. The van der Waals surface area contributed by atoms with Gasteiger partial charge in [-0.2, -0.15) is 0 Å². The van der Waals surface area contributed by atoms with Gasteiger partial charge in [0.15, 0.2) is 0 Å². The van der Waals surface area contributed by atoms with Gasteiger partial charge in [-0.1, -0.05) is 44.7 Å². The lowest BCUT2D eigenvalue weighted by molar-refractivity contribution is 0.102. The molecule has 1 unspecified atom stereocenters. The van der Waals surface area contributed by atoms with Gasteiger partial charge in [0.25, 0.3) is 0 Å². The van der Waals surface area contributed by atoms with Gasteiger partial charge in [-0.15, -0.1) is 0 Å². The van der Waals surface area contributed by atoms with Crippen molar-refractivity contribution >= 4 is 7.82 Å². The summed E-state index contributed by atoms with van der Waals surface area (Å²) in [6.45, 7) is 4.05. The molecule has 0 bridgehead atoms. The average molecular weight is 403 g/mol. The van der Waals surface area contributed by atoms with Crippen LogP contribution in [0.15, 0.2) is 18.2 Å². The average Bonchev–Trinajstić information content (AvgIpc) is 2.62.